The molecule has 0 heterocycles. The molecule has 8 aromatic rings. The maximum absolute atomic E-state index is 11.7. The summed E-state index contributed by atoms with van der Waals surface area (Å²) >= 11 is 0. The lowest BCUT2D eigenvalue weighted by Crippen LogP contribution is -2.14. The summed E-state index contributed by atoms with van der Waals surface area (Å²) in [7, 11) is 0. The Morgan fingerprint density at radius 1 is 0.227 bits per heavy atom. The molecule has 0 saturated heterocycles. The van der Waals surface area contributed by atoms with Crippen molar-refractivity contribution in [1.82, 2.24) is 0 Å². The fraction of sp³-hybridized carbons (Fsp3) is 0.172. The Labute approximate surface area is 383 Å². The lowest BCUT2D eigenvalue weighted by molar-refractivity contribution is 0.213. The summed E-state index contributed by atoms with van der Waals surface area (Å²) in [6.45, 7) is 0.318. The van der Waals surface area contributed by atoms with E-state index in [2.05, 4.69) is 0 Å². The standard InChI is InChI=1S/C58H50O8/c59-51-35-9-1-10-36(51)28-40-14-4-18-44(54(40)62)32-48-22-7-21-47(31-43-17-3-13-39(27-35)53(43)61)57(48)65-25-26-66-58-49-23-8-24-50(58)34-46-20-6-16-42(56(46)64)30-38-12-2-11-37(52(38)60)29-41-15-5-19-45(33-49)55(41)63/h1-24,59-64H,25-34H2. The number of phenols is 6. The fourth-order valence-corrected chi connectivity index (χ4v) is 9.71. The molecule has 2 aliphatic carbocycles. The second-order valence-corrected chi connectivity index (χ2v) is 17.5. The normalized spacial score (nSPS) is 13.2. The summed E-state index contributed by atoms with van der Waals surface area (Å²) in [5.74, 6) is 2.24. The lowest BCUT2D eigenvalue weighted by atomic mass is 9.91. The molecule has 16 bridgehead atoms. The van der Waals surface area contributed by atoms with Crippen molar-refractivity contribution < 1.29 is 40.1 Å². The van der Waals surface area contributed by atoms with Crippen LogP contribution in [0, 0.1) is 0 Å². The molecule has 0 radical (unpaired) electrons. The Morgan fingerprint density at radius 2 is 0.364 bits per heavy atom. The van der Waals surface area contributed by atoms with Gasteiger partial charge in [-0.2, -0.15) is 0 Å². The molecule has 0 aliphatic heterocycles. The summed E-state index contributed by atoms with van der Waals surface area (Å²) in [6, 6.07) is 46.0. The Hall–Kier alpha value is -7.84. The minimum atomic E-state index is 0.153. The van der Waals surface area contributed by atoms with E-state index in [0.29, 0.717) is 130 Å². The number of para-hydroxylation sites is 8. The molecular weight excluding hydrogens is 825 g/mol. The monoisotopic (exact) mass is 874 g/mol. The van der Waals surface area contributed by atoms with E-state index in [1.54, 1.807) is 0 Å². The highest BCUT2D eigenvalue weighted by atomic mass is 16.5. The molecule has 8 heteroatoms. The van der Waals surface area contributed by atoms with Gasteiger partial charge < -0.3 is 40.1 Å². The molecule has 0 atom stereocenters. The van der Waals surface area contributed by atoms with E-state index in [1.807, 2.05) is 146 Å². The van der Waals surface area contributed by atoms with Gasteiger partial charge in [0, 0.05) is 51.4 Å². The van der Waals surface area contributed by atoms with Crippen molar-refractivity contribution in [2.75, 3.05) is 13.2 Å². The largest absolute Gasteiger partial charge is 0.507 e. The van der Waals surface area contributed by atoms with Crippen LogP contribution in [0.3, 0.4) is 0 Å². The van der Waals surface area contributed by atoms with Crippen molar-refractivity contribution in [2.45, 2.75) is 51.4 Å². The Balaban J connectivity index is 0.991. The van der Waals surface area contributed by atoms with E-state index >= 15 is 0 Å². The maximum Gasteiger partial charge on any atom is 0.126 e. The zero-order valence-corrected chi connectivity index (χ0v) is 36.4. The number of phenolic OH excluding ortho intramolecular Hbond substituents is 6. The van der Waals surface area contributed by atoms with Crippen molar-refractivity contribution in [2.24, 2.45) is 0 Å². The van der Waals surface area contributed by atoms with Crippen LogP contribution in [-0.2, 0) is 51.4 Å². The van der Waals surface area contributed by atoms with Crippen LogP contribution in [0.15, 0.2) is 146 Å². The summed E-state index contributed by atoms with van der Waals surface area (Å²) in [5.41, 5.74) is 11.8. The quantitative estimate of drug-likeness (QED) is 0.0940. The molecule has 6 N–H and O–H groups in total. The molecular formula is C58H50O8. The highest BCUT2D eigenvalue weighted by Gasteiger charge is 2.22. The lowest BCUT2D eigenvalue weighted by Gasteiger charge is -2.21. The summed E-state index contributed by atoms with van der Waals surface area (Å²) in [4.78, 5) is 0. The molecule has 0 unspecified atom stereocenters. The van der Waals surface area contributed by atoms with Crippen LogP contribution in [0.1, 0.15) is 89.0 Å². The van der Waals surface area contributed by atoms with E-state index < -0.39 is 0 Å². The van der Waals surface area contributed by atoms with Gasteiger partial charge in [0.05, 0.1) is 0 Å². The maximum atomic E-state index is 11.7. The fourth-order valence-electron chi connectivity index (χ4n) is 9.71. The second kappa shape index (κ2) is 18.0. The van der Waals surface area contributed by atoms with Crippen molar-refractivity contribution in [3.63, 3.8) is 0 Å². The summed E-state index contributed by atoms with van der Waals surface area (Å²) < 4.78 is 13.5. The number of hydrogen-bond donors (Lipinski definition) is 6. The van der Waals surface area contributed by atoms with Crippen molar-refractivity contribution >= 4 is 0 Å². The second-order valence-electron chi connectivity index (χ2n) is 17.5. The van der Waals surface area contributed by atoms with Crippen LogP contribution < -0.4 is 9.47 Å². The number of hydrogen-bond acceptors (Lipinski definition) is 8. The average molecular weight is 875 g/mol. The third kappa shape index (κ3) is 8.34. The van der Waals surface area contributed by atoms with Crippen LogP contribution in [-0.4, -0.2) is 43.9 Å². The predicted octanol–water partition coefficient (Wildman–Crippen LogP) is 10.7. The topological polar surface area (TPSA) is 140 Å². The van der Waals surface area contributed by atoms with Gasteiger partial charge in [-0.05, 0) is 89.0 Å². The first kappa shape index (κ1) is 42.1. The first-order valence-electron chi connectivity index (χ1n) is 22.4. The van der Waals surface area contributed by atoms with Gasteiger partial charge in [-0.25, -0.2) is 0 Å². The third-order valence-electron chi connectivity index (χ3n) is 13.2. The highest BCUT2D eigenvalue weighted by molar-refractivity contribution is 5.57. The molecule has 0 fully saturated rings. The van der Waals surface area contributed by atoms with Gasteiger partial charge in [0.2, 0.25) is 0 Å². The third-order valence-corrected chi connectivity index (χ3v) is 13.2. The zero-order chi connectivity index (χ0) is 45.3. The van der Waals surface area contributed by atoms with Crippen molar-refractivity contribution in [3.8, 4) is 46.0 Å². The van der Waals surface area contributed by atoms with E-state index in [9.17, 15) is 30.6 Å². The Morgan fingerprint density at radius 3 is 0.530 bits per heavy atom. The molecule has 0 amide bonds. The van der Waals surface area contributed by atoms with Gasteiger partial charge in [0.15, 0.2) is 0 Å². The Bertz CT molecular complexity index is 2730. The van der Waals surface area contributed by atoms with Gasteiger partial charge in [-0.15, -0.1) is 0 Å². The van der Waals surface area contributed by atoms with Crippen LogP contribution in [0.2, 0.25) is 0 Å². The van der Waals surface area contributed by atoms with Gasteiger partial charge in [0.25, 0.3) is 0 Å². The van der Waals surface area contributed by atoms with Gasteiger partial charge >= 0.3 is 0 Å². The molecule has 8 nitrogen and oxygen atoms in total. The van der Waals surface area contributed by atoms with E-state index in [-0.39, 0.29) is 47.7 Å². The van der Waals surface area contributed by atoms with E-state index in [0.717, 1.165) is 22.3 Å². The molecule has 2 aliphatic rings. The van der Waals surface area contributed by atoms with Crippen molar-refractivity contribution in [1.29, 1.82) is 0 Å². The number of rotatable bonds is 5. The Kier molecular flexibility index (Phi) is 11.5. The molecule has 330 valence electrons. The molecule has 0 aromatic heterocycles. The number of ether oxygens (including phenoxy) is 2. The highest BCUT2D eigenvalue weighted by Crippen LogP contribution is 2.40. The minimum Gasteiger partial charge on any atom is -0.507 e. The smallest absolute Gasteiger partial charge is 0.126 e. The van der Waals surface area contributed by atoms with Gasteiger partial charge in [-0.3, -0.25) is 0 Å². The molecule has 10 rings (SSSR count). The van der Waals surface area contributed by atoms with Crippen LogP contribution in [0.4, 0.5) is 0 Å². The van der Waals surface area contributed by atoms with E-state index in [4.69, 9.17) is 9.47 Å². The first-order valence-corrected chi connectivity index (χ1v) is 22.4. The zero-order valence-electron chi connectivity index (χ0n) is 36.4. The van der Waals surface area contributed by atoms with Crippen LogP contribution in [0.25, 0.3) is 0 Å². The average Bonchev–Trinajstić information content (AvgIpc) is 3.31. The summed E-state index contributed by atoms with van der Waals surface area (Å²) in [5, 5.41) is 69.4. The number of aromatic hydroxyl groups is 6. The van der Waals surface area contributed by atoms with Crippen LogP contribution in [0.5, 0.6) is 46.0 Å². The SMILES string of the molecule is Oc1c2cccc1Cc1cccc(c1O)Cc1cccc(c1OCCOc1c3cccc1Cc1cccc(c1O)Cc1cccc(c1O)Cc1cccc(c1O)C3)Cc1cccc(c1O)C2. The number of fused-ring (bicyclic) bond motifs is 16. The molecule has 0 spiro atoms. The predicted molar refractivity (Wildman–Crippen MR) is 255 cm³/mol. The minimum absolute atomic E-state index is 0.153. The van der Waals surface area contributed by atoms with Gasteiger partial charge in [0.1, 0.15) is 59.2 Å². The first-order chi connectivity index (χ1) is 32.2. The van der Waals surface area contributed by atoms with Gasteiger partial charge in [-0.1, -0.05) is 146 Å². The molecule has 0 saturated carbocycles. The number of benzene rings is 8. The van der Waals surface area contributed by atoms with Crippen LogP contribution >= 0.6 is 0 Å². The van der Waals surface area contributed by atoms with E-state index in [1.165, 1.54) is 0 Å². The molecule has 8 aromatic carbocycles. The molecule has 66 heavy (non-hydrogen) atoms. The van der Waals surface area contributed by atoms with Crippen molar-refractivity contribution in [3.05, 3.63) is 235 Å². The summed E-state index contributed by atoms with van der Waals surface area (Å²) in [6.07, 6.45) is 2.76.